The number of rotatable bonds is 6. The van der Waals surface area contributed by atoms with E-state index in [1.54, 1.807) is 0 Å². The van der Waals surface area contributed by atoms with Gasteiger partial charge in [-0.2, -0.15) is 0 Å². The van der Waals surface area contributed by atoms with Gasteiger partial charge in [0.15, 0.2) is 0 Å². The van der Waals surface area contributed by atoms with E-state index in [0.717, 1.165) is 11.1 Å². The Kier molecular flexibility index (Phi) is 4.50. The van der Waals surface area contributed by atoms with Gasteiger partial charge in [-0.25, -0.2) is 0 Å². The van der Waals surface area contributed by atoms with Gasteiger partial charge < -0.3 is 11.1 Å². The summed E-state index contributed by atoms with van der Waals surface area (Å²) in [5, 5.41) is 2.52. The molecule has 0 radical (unpaired) electrons. The van der Waals surface area contributed by atoms with Crippen LogP contribution in [-0.4, -0.2) is 18.4 Å². The van der Waals surface area contributed by atoms with Crippen molar-refractivity contribution in [2.75, 3.05) is 0 Å². The van der Waals surface area contributed by atoms with Crippen LogP contribution in [0.4, 0.5) is 0 Å². The number of hydrogen-bond donors (Lipinski definition) is 2. The molecule has 2 aromatic carbocycles. The molecule has 0 bridgehead atoms. The van der Waals surface area contributed by atoms with Crippen LogP contribution >= 0.6 is 0 Å². The molecule has 0 aliphatic heterocycles. The summed E-state index contributed by atoms with van der Waals surface area (Å²) in [7, 11) is 0. The van der Waals surface area contributed by atoms with Gasteiger partial charge in [0.25, 0.3) is 0 Å². The molecule has 0 saturated heterocycles. The average molecular weight is 268 g/mol. The fourth-order valence-corrected chi connectivity index (χ4v) is 2.31. The Bertz CT molecular complexity index is 530. The maximum atomic E-state index is 11.7. The number of amides is 2. The number of benzene rings is 2. The molecule has 0 fully saturated rings. The maximum Gasteiger partial charge on any atom is 0.240 e. The molecule has 4 nitrogen and oxygen atoms in total. The second-order valence-electron chi connectivity index (χ2n) is 4.46. The van der Waals surface area contributed by atoms with E-state index >= 15 is 0 Å². The molecule has 2 aromatic rings. The molecule has 0 saturated carbocycles. The maximum absolute atomic E-state index is 11.7. The molecule has 2 amide bonds. The van der Waals surface area contributed by atoms with Crippen LogP contribution in [0.3, 0.4) is 0 Å². The minimum Gasteiger partial charge on any atom is -0.368 e. The largest absolute Gasteiger partial charge is 0.368 e. The van der Waals surface area contributed by atoms with E-state index < -0.39 is 11.9 Å². The number of carbonyl (C=O) groups excluding carboxylic acids is 2. The van der Waals surface area contributed by atoms with E-state index in [4.69, 9.17) is 5.73 Å². The molecule has 1 atom stereocenters. The predicted octanol–water partition coefficient (Wildman–Crippen LogP) is 1.42. The van der Waals surface area contributed by atoms with Crippen molar-refractivity contribution >= 4 is 12.3 Å². The monoisotopic (exact) mass is 268 g/mol. The van der Waals surface area contributed by atoms with Gasteiger partial charge in [-0.3, -0.25) is 9.59 Å². The third-order valence-electron chi connectivity index (χ3n) is 3.20. The fraction of sp³-hybridized carbons (Fsp3) is 0.125. The lowest BCUT2D eigenvalue weighted by molar-refractivity contribution is -0.123. The predicted molar refractivity (Wildman–Crippen MR) is 76.9 cm³/mol. The van der Waals surface area contributed by atoms with Gasteiger partial charge in [-0.05, 0) is 11.1 Å². The zero-order valence-electron chi connectivity index (χ0n) is 10.9. The minimum atomic E-state index is -0.780. The smallest absolute Gasteiger partial charge is 0.240 e. The molecule has 0 spiro atoms. The van der Waals surface area contributed by atoms with Crippen LogP contribution in [0.1, 0.15) is 17.0 Å². The third kappa shape index (κ3) is 3.03. The lowest BCUT2D eigenvalue weighted by Gasteiger charge is -2.25. The van der Waals surface area contributed by atoms with Crippen molar-refractivity contribution in [2.45, 2.75) is 12.0 Å². The molecule has 0 heterocycles. The zero-order chi connectivity index (χ0) is 14.4. The second-order valence-corrected chi connectivity index (χ2v) is 4.46. The summed E-state index contributed by atoms with van der Waals surface area (Å²) in [4.78, 5) is 22.4. The molecular formula is C16H16N2O2. The van der Waals surface area contributed by atoms with Crippen LogP contribution < -0.4 is 11.1 Å². The normalized spacial score (nSPS) is 11.8. The van der Waals surface area contributed by atoms with Crippen LogP contribution in [0.5, 0.6) is 0 Å². The van der Waals surface area contributed by atoms with E-state index in [9.17, 15) is 9.59 Å². The first-order valence-corrected chi connectivity index (χ1v) is 6.33. The van der Waals surface area contributed by atoms with Crippen LogP contribution in [0.25, 0.3) is 0 Å². The molecular weight excluding hydrogens is 252 g/mol. The second kappa shape index (κ2) is 6.52. The lowest BCUT2D eigenvalue weighted by atomic mass is 9.85. The Hall–Kier alpha value is -2.62. The van der Waals surface area contributed by atoms with Crippen LogP contribution in [0, 0.1) is 0 Å². The Labute approximate surface area is 117 Å². The van der Waals surface area contributed by atoms with Crippen molar-refractivity contribution in [1.29, 1.82) is 0 Å². The SMILES string of the molecule is NC(=O)[C@@H](NC=O)C(c1ccccc1)c1ccccc1. The molecule has 0 aliphatic carbocycles. The van der Waals surface area contributed by atoms with Gasteiger partial charge in [0.1, 0.15) is 6.04 Å². The summed E-state index contributed by atoms with van der Waals surface area (Å²) in [6, 6.07) is 18.3. The number of nitrogens with two attached hydrogens (primary N) is 1. The number of nitrogens with one attached hydrogen (secondary N) is 1. The standard InChI is InChI=1S/C16H16N2O2/c17-16(20)15(18-11-19)14(12-7-3-1-4-8-12)13-9-5-2-6-10-13/h1-11,14-15H,(H2,17,20)(H,18,19)/t15-/m0/s1. The minimum absolute atomic E-state index is 0.305. The summed E-state index contributed by atoms with van der Waals surface area (Å²) < 4.78 is 0. The number of primary amides is 1. The molecule has 4 heteroatoms. The van der Waals surface area contributed by atoms with E-state index in [2.05, 4.69) is 5.32 Å². The zero-order valence-corrected chi connectivity index (χ0v) is 10.9. The summed E-state index contributed by atoms with van der Waals surface area (Å²) in [5.41, 5.74) is 7.29. The summed E-state index contributed by atoms with van der Waals surface area (Å²) >= 11 is 0. The molecule has 102 valence electrons. The van der Waals surface area contributed by atoms with Crippen molar-refractivity contribution < 1.29 is 9.59 Å². The van der Waals surface area contributed by atoms with E-state index in [1.165, 1.54) is 0 Å². The number of carbonyl (C=O) groups is 2. The van der Waals surface area contributed by atoms with Crippen LogP contribution in [0.15, 0.2) is 60.7 Å². The highest BCUT2D eigenvalue weighted by Gasteiger charge is 2.28. The van der Waals surface area contributed by atoms with E-state index in [1.807, 2.05) is 60.7 Å². The fourth-order valence-electron chi connectivity index (χ4n) is 2.31. The molecule has 0 aromatic heterocycles. The Balaban J connectivity index is 2.49. The van der Waals surface area contributed by atoms with Crippen LogP contribution in [-0.2, 0) is 9.59 Å². The topological polar surface area (TPSA) is 72.2 Å². The Morgan fingerprint density at radius 1 is 0.950 bits per heavy atom. The van der Waals surface area contributed by atoms with E-state index in [-0.39, 0.29) is 5.92 Å². The molecule has 0 unspecified atom stereocenters. The van der Waals surface area contributed by atoms with Crippen molar-refractivity contribution in [1.82, 2.24) is 5.32 Å². The lowest BCUT2D eigenvalue weighted by Crippen LogP contribution is -2.45. The van der Waals surface area contributed by atoms with Gasteiger partial charge in [-0.1, -0.05) is 60.7 Å². The van der Waals surface area contributed by atoms with Gasteiger partial charge in [-0.15, -0.1) is 0 Å². The highest BCUT2D eigenvalue weighted by molar-refractivity contribution is 5.84. The van der Waals surface area contributed by atoms with Gasteiger partial charge in [0, 0.05) is 5.92 Å². The first kappa shape index (κ1) is 13.8. The van der Waals surface area contributed by atoms with E-state index in [0.29, 0.717) is 6.41 Å². The summed E-state index contributed by atoms with van der Waals surface area (Å²) in [5.74, 6) is -0.866. The third-order valence-corrected chi connectivity index (χ3v) is 3.20. The van der Waals surface area contributed by atoms with Gasteiger partial charge >= 0.3 is 0 Å². The highest BCUT2D eigenvalue weighted by Crippen LogP contribution is 2.27. The summed E-state index contributed by atoms with van der Waals surface area (Å²) in [6.07, 6.45) is 0.508. The van der Waals surface area contributed by atoms with Crippen LogP contribution in [0.2, 0.25) is 0 Å². The number of hydrogen-bond acceptors (Lipinski definition) is 2. The molecule has 2 rings (SSSR count). The van der Waals surface area contributed by atoms with Gasteiger partial charge in [0.05, 0.1) is 0 Å². The van der Waals surface area contributed by atoms with Crippen molar-refractivity contribution in [3.63, 3.8) is 0 Å². The molecule has 3 N–H and O–H groups in total. The summed E-state index contributed by atoms with van der Waals surface area (Å²) in [6.45, 7) is 0. The molecule has 20 heavy (non-hydrogen) atoms. The van der Waals surface area contributed by atoms with Crippen molar-refractivity contribution in [3.05, 3.63) is 71.8 Å². The average Bonchev–Trinajstić information content (AvgIpc) is 2.49. The first-order chi connectivity index (χ1) is 9.74. The van der Waals surface area contributed by atoms with Gasteiger partial charge in [0.2, 0.25) is 12.3 Å². The first-order valence-electron chi connectivity index (χ1n) is 6.33. The molecule has 0 aliphatic rings. The quantitative estimate of drug-likeness (QED) is 0.778. The Morgan fingerprint density at radius 2 is 1.40 bits per heavy atom. The van der Waals surface area contributed by atoms with Crippen molar-refractivity contribution in [2.24, 2.45) is 5.73 Å². The van der Waals surface area contributed by atoms with Crippen molar-refractivity contribution in [3.8, 4) is 0 Å². The Morgan fingerprint density at radius 3 is 1.75 bits per heavy atom. The highest BCUT2D eigenvalue weighted by atomic mass is 16.2.